The van der Waals surface area contributed by atoms with Crippen molar-refractivity contribution < 1.29 is 8.42 Å². The summed E-state index contributed by atoms with van der Waals surface area (Å²) in [6, 6.07) is 6.06. The van der Waals surface area contributed by atoms with Gasteiger partial charge in [0.05, 0.1) is 10.6 Å². The van der Waals surface area contributed by atoms with Gasteiger partial charge in [0, 0.05) is 5.92 Å². The van der Waals surface area contributed by atoms with E-state index in [0.29, 0.717) is 11.5 Å². The van der Waals surface area contributed by atoms with Crippen LogP contribution in [0.5, 0.6) is 0 Å². The summed E-state index contributed by atoms with van der Waals surface area (Å²) in [6.45, 7) is 3.81. The minimum Gasteiger partial charge on any atom is -0.387 e. The molecule has 1 rings (SSSR count). The average Bonchev–Trinajstić information content (AvgIpc) is 2.16. The van der Waals surface area contributed by atoms with E-state index in [1.807, 2.05) is 13.8 Å². The molecule has 5 nitrogen and oxygen atoms in total. The van der Waals surface area contributed by atoms with Crippen LogP contribution in [0, 0.1) is 5.92 Å². The molecule has 0 heterocycles. The zero-order valence-electron chi connectivity index (χ0n) is 9.21. The van der Waals surface area contributed by atoms with Crippen molar-refractivity contribution in [2.24, 2.45) is 21.8 Å². The average molecular weight is 241 g/mol. The predicted molar refractivity (Wildman–Crippen MR) is 63.9 cm³/mol. The summed E-state index contributed by atoms with van der Waals surface area (Å²) in [7, 11) is -3.69. The van der Waals surface area contributed by atoms with Crippen LogP contribution in [0.2, 0.25) is 0 Å². The van der Waals surface area contributed by atoms with Gasteiger partial charge in [0.2, 0.25) is 10.0 Å². The Morgan fingerprint density at radius 3 is 2.50 bits per heavy atom. The Bertz CT molecular complexity index is 507. The van der Waals surface area contributed by atoms with Gasteiger partial charge in [0.15, 0.2) is 0 Å². The fraction of sp³-hybridized carbons (Fsp3) is 0.300. The van der Waals surface area contributed by atoms with Crippen LogP contribution in [-0.2, 0) is 10.0 Å². The summed E-state index contributed by atoms with van der Waals surface area (Å²) in [5, 5.41) is 5.01. The fourth-order valence-corrected chi connectivity index (χ4v) is 1.56. The van der Waals surface area contributed by atoms with Crippen molar-refractivity contribution in [2.75, 3.05) is 0 Å². The van der Waals surface area contributed by atoms with Crippen molar-refractivity contribution in [3.05, 3.63) is 24.3 Å². The number of hydrogen-bond acceptors (Lipinski definition) is 3. The smallest absolute Gasteiger partial charge is 0.238 e. The lowest BCUT2D eigenvalue weighted by Gasteiger charge is -2.04. The van der Waals surface area contributed by atoms with E-state index < -0.39 is 10.0 Å². The van der Waals surface area contributed by atoms with E-state index in [-0.39, 0.29) is 10.8 Å². The Morgan fingerprint density at radius 1 is 1.38 bits per heavy atom. The maximum atomic E-state index is 11.1. The van der Waals surface area contributed by atoms with Gasteiger partial charge >= 0.3 is 0 Å². The highest BCUT2D eigenvalue weighted by Gasteiger charge is 2.08. The maximum Gasteiger partial charge on any atom is 0.238 e. The Labute approximate surface area is 95.2 Å². The van der Waals surface area contributed by atoms with E-state index in [0.717, 1.165) is 0 Å². The van der Waals surface area contributed by atoms with Gasteiger partial charge in [-0.2, -0.15) is 0 Å². The third kappa shape index (κ3) is 3.32. The van der Waals surface area contributed by atoms with Gasteiger partial charge in [-0.3, -0.25) is 0 Å². The summed E-state index contributed by atoms with van der Waals surface area (Å²) >= 11 is 0. The number of nitrogens with two attached hydrogens (primary N) is 2. The first-order valence-corrected chi connectivity index (χ1v) is 6.32. The molecule has 0 saturated carbocycles. The lowest BCUT2D eigenvalue weighted by Crippen LogP contribution is -2.18. The molecule has 4 N–H and O–H groups in total. The topological polar surface area (TPSA) is 98.5 Å². The maximum absolute atomic E-state index is 11.1. The molecule has 6 heteroatoms. The number of nitrogens with zero attached hydrogens (tertiary/aromatic N) is 1. The van der Waals surface area contributed by atoms with Gasteiger partial charge in [-0.1, -0.05) is 19.9 Å². The summed E-state index contributed by atoms with van der Waals surface area (Å²) in [6.07, 6.45) is 0. The molecule has 0 spiro atoms. The predicted octanol–water partition coefficient (Wildman–Crippen LogP) is 0.979. The summed E-state index contributed by atoms with van der Waals surface area (Å²) in [4.78, 5) is 4.14. The molecule has 0 saturated heterocycles. The van der Waals surface area contributed by atoms with Gasteiger partial charge in [0.1, 0.15) is 5.84 Å². The first kappa shape index (κ1) is 12.7. The summed E-state index contributed by atoms with van der Waals surface area (Å²) in [5.41, 5.74) is 6.16. The highest BCUT2D eigenvalue weighted by molar-refractivity contribution is 7.89. The first-order chi connectivity index (χ1) is 7.30. The van der Waals surface area contributed by atoms with E-state index >= 15 is 0 Å². The minimum atomic E-state index is -3.69. The van der Waals surface area contributed by atoms with E-state index in [2.05, 4.69) is 4.99 Å². The third-order valence-corrected chi connectivity index (χ3v) is 2.91. The molecule has 0 atom stereocenters. The molecule has 0 aromatic heterocycles. The zero-order valence-corrected chi connectivity index (χ0v) is 10.0. The summed E-state index contributed by atoms with van der Waals surface area (Å²) in [5.74, 6) is 0.560. The molecular formula is C10H15N3O2S. The second-order valence-electron chi connectivity index (χ2n) is 3.73. The van der Waals surface area contributed by atoms with Crippen molar-refractivity contribution in [3.8, 4) is 0 Å². The molecule has 0 aliphatic heterocycles. The lowest BCUT2D eigenvalue weighted by molar-refractivity contribution is 0.598. The minimum absolute atomic E-state index is 0.0327. The molecule has 1 aromatic rings. The third-order valence-electron chi connectivity index (χ3n) is 2.00. The van der Waals surface area contributed by atoms with E-state index in [9.17, 15) is 8.42 Å². The molecule has 88 valence electrons. The van der Waals surface area contributed by atoms with E-state index in [1.54, 1.807) is 12.1 Å². The van der Waals surface area contributed by atoms with E-state index in [4.69, 9.17) is 10.9 Å². The molecule has 0 aliphatic carbocycles. The summed E-state index contributed by atoms with van der Waals surface area (Å²) < 4.78 is 22.2. The van der Waals surface area contributed by atoms with Crippen LogP contribution in [0.3, 0.4) is 0 Å². The van der Waals surface area contributed by atoms with Crippen LogP contribution in [0.4, 0.5) is 5.69 Å². The number of amidine groups is 1. The monoisotopic (exact) mass is 241 g/mol. The molecule has 0 unspecified atom stereocenters. The normalized spacial score (nSPS) is 13.1. The Morgan fingerprint density at radius 2 is 2.00 bits per heavy atom. The molecule has 0 bridgehead atoms. The second kappa shape index (κ2) is 4.63. The van der Waals surface area contributed by atoms with Gasteiger partial charge < -0.3 is 5.73 Å². The number of rotatable bonds is 3. The van der Waals surface area contributed by atoms with Crippen molar-refractivity contribution >= 4 is 21.5 Å². The first-order valence-electron chi connectivity index (χ1n) is 4.77. The highest BCUT2D eigenvalue weighted by Crippen LogP contribution is 2.17. The van der Waals surface area contributed by atoms with Crippen molar-refractivity contribution in [1.29, 1.82) is 0 Å². The Kier molecular flexibility index (Phi) is 3.66. The number of hydrogen-bond donors (Lipinski definition) is 2. The van der Waals surface area contributed by atoms with Gasteiger partial charge in [-0.25, -0.2) is 18.5 Å². The Hall–Kier alpha value is -1.40. The van der Waals surface area contributed by atoms with Crippen LogP contribution in [0.25, 0.3) is 0 Å². The van der Waals surface area contributed by atoms with Crippen LogP contribution in [-0.4, -0.2) is 14.3 Å². The van der Waals surface area contributed by atoms with Crippen LogP contribution >= 0.6 is 0 Å². The van der Waals surface area contributed by atoms with Crippen LogP contribution in [0.1, 0.15) is 13.8 Å². The number of sulfonamides is 1. The van der Waals surface area contributed by atoms with Crippen LogP contribution in [0.15, 0.2) is 34.2 Å². The Balaban J connectivity index is 3.15. The lowest BCUT2D eigenvalue weighted by atomic mass is 10.2. The molecule has 1 aromatic carbocycles. The fourth-order valence-electron chi connectivity index (χ4n) is 1.01. The molecule has 0 fully saturated rings. The van der Waals surface area contributed by atoms with Crippen molar-refractivity contribution in [2.45, 2.75) is 18.7 Å². The second-order valence-corrected chi connectivity index (χ2v) is 5.30. The molecule has 0 aliphatic rings. The van der Waals surface area contributed by atoms with Crippen LogP contribution < -0.4 is 10.9 Å². The van der Waals surface area contributed by atoms with Crippen molar-refractivity contribution in [3.63, 3.8) is 0 Å². The highest BCUT2D eigenvalue weighted by atomic mass is 32.2. The van der Waals surface area contributed by atoms with Gasteiger partial charge in [0.25, 0.3) is 0 Å². The molecular weight excluding hydrogens is 226 g/mol. The largest absolute Gasteiger partial charge is 0.387 e. The molecule has 0 radical (unpaired) electrons. The molecule has 16 heavy (non-hydrogen) atoms. The van der Waals surface area contributed by atoms with Gasteiger partial charge in [-0.15, -0.1) is 0 Å². The quantitative estimate of drug-likeness (QED) is 0.609. The van der Waals surface area contributed by atoms with E-state index in [1.165, 1.54) is 12.1 Å². The number of primary sulfonamides is 1. The van der Waals surface area contributed by atoms with Gasteiger partial charge in [-0.05, 0) is 18.2 Å². The van der Waals surface area contributed by atoms with Crippen molar-refractivity contribution in [1.82, 2.24) is 0 Å². The zero-order chi connectivity index (χ0) is 12.3. The standard InChI is InChI=1S/C10H15N3O2S/c1-7(2)10(11)13-8-4-3-5-9(6-8)16(12,14)15/h3-7H,1-2H3,(H2,11,13)(H2,12,14,15). The SMILES string of the molecule is CC(C)C(N)=Nc1cccc(S(N)(=O)=O)c1. The number of aliphatic imine (C=N–C) groups is 1. The molecule has 0 amide bonds. The number of benzene rings is 1.